The Kier molecular flexibility index (Phi) is 6.17. The van der Waals surface area contributed by atoms with E-state index >= 15 is 0 Å². The number of hydrogen-bond acceptors (Lipinski definition) is 1. The second kappa shape index (κ2) is 7.64. The van der Waals surface area contributed by atoms with Gasteiger partial charge in [-0.2, -0.15) is 0 Å². The van der Waals surface area contributed by atoms with Crippen molar-refractivity contribution >= 4 is 5.78 Å². The third kappa shape index (κ3) is 5.69. The fraction of sp³-hybridized carbons (Fsp3) is 0.708. The molecule has 3 rings (SSSR count). The lowest BCUT2D eigenvalue weighted by molar-refractivity contribution is -0.134. The monoisotopic (exact) mass is 342 g/mol. The van der Waals surface area contributed by atoms with Crippen LogP contribution in [0.4, 0.5) is 0 Å². The molecule has 1 heteroatoms. The zero-order valence-corrected chi connectivity index (χ0v) is 17.5. The zero-order chi connectivity index (χ0) is 18.8. The van der Waals surface area contributed by atoms with Crippen LogP contribution in [0.2, 0.25) is 0 Å². The van der Waals surface area contributed by atoms with Crippen LogP contribution in [0.1, 0.15) is 83.9 Å². The Bertz CT molecular complexity index is 594. The molecule has 1 aromatic rings. The Hall–Kier alpha value is -1.11. The smallest absolute Gasteiger partial charge is 0.139 e. The number of carbonyl (C=O) groups excluding carboxylic acids is 1. The first-order valence-corrected chi connectivity index (χ1v) is 10.1. The van der Waals surface area contributed by atoms with E-state index in [9.17, 15) is 4.79 Å². The molecule has 1 fully saturated rings. The highest BCUT2D eigenvalue weighted by Gasteiger charge is 2.39. The van der Waals surface area contributed by atoms with Crippen molar-refractivity contribution in [2.45, 2.75) is 87.0 Å². The average Bonchev–Trinajstić information content (AvgIpc) is 2.36. The van der Waals surface area contributed by atoms with Gasteiger partial charge in [-0.15, -0.1) is 0 Å². The third-order valence-electron chi connectivity index (χ3n) is 5.74. The van der Waals surface area contributed by atoms with Crippen molar-refractivity contribution < 1.29 is 4.79 Å². The molecule has 0 spiro atoms. The molecule has 0 radical (unpaired) electrons. The van der Waals surface area contributed by atoms with Crippen molar-refractivity contribution in [2.24, 2.45) is 22.7 Å². The van der Waals surface area contributed by atoms with Crippen LogP contribution in [-0.4, -0.2) is 5.78 Å². The number of hydrogen-bond donors (Lipinski definition) is 0. The van der Waals surface area contributed by atoms with Crippen LogP contribution in [0, 0.1) is 29.6 Å². The summed E-state index contributed by atoms with van der Waals surface area (Å²) in [6.07, 6.45) is 7.15. The molecule has 25 heavy (non-hydrogen) atoms. The number of aryl methyl sites for hydroxylation is 3. The summed E-state index contributed by atoms with van der Waals surface area (Å²) in [5.74, 6) is 1.15. The Morgan fingerprint density at radius 2 is 1.64 bits per heavy atom. The Morgan fingerprint density at radius 1 is 1.04 bits per heavy atom. The Morgan fingerprint density at radius 3 is 1.96 bits per heavy atom. The normalized spacial score (nSPS) is 18.2. The first-order chi connectivity index (χ1) is 11.5. The summed E-state index contributed by atoms with van der Waals surface area (Å²) in [5.41, 5.74) is 4.88. The summed E-state index contributed by atoms with van der Waals surface area (Å²) in [5, 5.41) is 0. The predicted octanol–water partition coefficient (Wildman–Crippen LogP) is 6.55. The second-order valence-electron chi connectivity index (χ2n) is 10.5. The van der Waals surface area contributed by atoms with Gasteiger partial charge in [-0.1, -0.05) is 71.7 Å². The molecule has 140 valence electrons. The summed E-state index contributed by atoms with van der Waals surface area (Å²) in [4.78, 5) is 12.4. The minimum absolute atomic E-state index is 0.111. The summed E-state index contributed by atoms with van der Waals surface area (Å²) in [6.45, 7) is 15.5. The lowest BCUT2D eigenvalue weighted by Gasteiger charge is -2.38. The predicted molar refractivity (Wildman–Crippen MR) is 108 cm³/mol. The zero-order valence-electron chi connectivity index (χ0n) is 17.5. The summed E-state index contributed by atoms with van der Waals surface area (Å²) in [7, 11) is 0. The third-order valence-corrected chi connectivity index (χ3v) is 5.74. The fourth-order valence-electron chi connectivity index (χ4n) is 3.75. The number of benzene rings is 1. The van der Waals surface area contributed by atoms with Crippen molar-refractivity contribution in [1.29, 1.82) is 0 Å². The number of carbonyl (C=O) groups is 1. The van der Waals surface area contributed by atoms with Crippen molar-refractivity contribution in [2.75, 3.05) is 0 Å². The number of ketones is 1. The van der Waals surface area contributed by atoms with Crippen LogP contribution in [0.5, 0.6) is 0 Å². The van der Waals surface area contributed by atoms with Crippen molar-refractivity contribution in [3.05, 3.63) is 34.9 Å². The minimum atomic E-state index is 0.111. The molecule has 0 aromatic heterocycles. The van der Waals surface area contributed by atoms with Crippen molar-refractivity contribution in [3.8, 4) is 0 Å². The van der Waals surface area contributed by atoms with E-state index in [0.29, 0.717) is 11.7 Å². The molecule has 1 saturated carbocycles. The lowest BCUT2D eigenvalue weighted by atomic mass is 9.65. The average molecular weight is 343 g/mol. The first-order valence-electron chi connectivity index (χ1n) is 10.1. The maximum atomic E-state index is 12.4. The molecule has 1 aromatic carbocycles. The molecule has 2 aliphatic rings. The highest BCUT2D eigenvalue weighted by Crippen LogP contribution is 2.41. The Balaban J connectivity index is 0.000000208. The van der Waals surface area contributed by atoms with Crippen LogP contribution in [0.15, 0.2) is 18.2 Å². The topological polar surface area (TPSA) is 17.1 Å². The van der Waals surface area contributed by atoms with Gasteiger partial charge in [0.1, 0.15) is 5.78 Å². The highest BCUT2D eigenvalue weighted by molar-refractivity contribution is 5.84. The molecule has 1 nitrogen and oxygen atoms in total. The molecule has 1 atom stereocenters. The molecule has 0 saturated heterocycles. The maximum absolute atomic E-state index is 12.4. The summed E-state index contributed by atoms with van der Waals surface area (Å²) in [6, 6.07) is 6.73. The quantitative estimate of drug-likeness (QED) is 0.609. The van der Waals surface area contributed by atoms with Gasteiger partial charge in [0.15, 0.2) is 0 Å². The van der Waals surface area contributed by atoms with E-state index in [1.807, 2.05) is 0 Å². The number of Topliss-reactive ketones (excluding diaryl/α,β-unsaturated/α-hetero) is 1. The standard InChI is InChI=1S/C15H28O.C9H10/c1-14(2,3)10-12(15(4,5)6)13(16)11-8-7-9-11;1-7-2-3-8-4-5-9(8)6-7/h11-12H,7-10H2,1-6H3;2-3,6H,4-5H2,1H3. The Labute approximate surface area is 155 Å². The lowest BCUT2D eigenvalue weighted by Crippen LogP contribution is -2.38. The first kappa shape index (κ1) is 20.2. The number of fused-ring (bicyclic) bond motifs is 1. The molecule has 0 N–H and O–H groups in total. The van der Waals surface area contributed by atoms with Crippen LogP contribution in [0.3, 0.4) is 0 Å². The maximum Gasteiger partial charge on any atom is 0.139 e. The summed E-state index contributed by atoms with van der Waals surface area (Å²) >= 11 is 0. The van der Waals surface area contributed by atoms with E-state index in [1.165, 1.54) is 24.8 Å². The van der Waals surface area contributed by atoms with Crippen molar-refractivity contribution in [1.82, 2.24) is 0 Å². The SMILES string of the molecule is CC(C)(C)CC(C(=O)C1CCC1)C(C)(C)C.Cc1ccc2c(c1)CC2. The van der Waals surface area contributed by atoms with Gasteiger partial charge in [-0.25, -0.2) is 0 Å². The molecule has 0 heterocycles. The summed E-state index contributed by atoms with van der Waals surface area (Å²) < 4.78 is 0. The van der Waals surface area contributed by atoms with Gasteiger partial charge in [-0.3, -0.25) is 4.79 Å². The van der Waals surface area contributed by atoms with E-state index in [0.717, 1.165) is 19.3 Å². The molecule has 0 aliphatic heterocycles. The van der Waals surface area contributed by atoms with Gasteiger partial charge in [0.2, 0.25) is 0 Å². The second-order valence-corrected chi connectivity index (χ2v) is 10.5. The number of rotatable bonds is 3. The molecular weight excluding hydrogens is 304 g/mol. The van der Waals surface area contributed by atoms with E-state index in [4.69, 9.17) is 0 Å². The van der Waals surface area contributed by atoms with Gasteiger partial charge >= 0.3 is 0 Å². The molecular formula is C24H38O. The van der Waals surface area contributed by atoms with Gasteiger partial charge in [0, 0.05) is 11.8 Å². The van der Waals surface area contributed by atoms with Gasteiger partial charge in [-0.05, 0) is 61.0 Å². The van der Waals surface area contributed by atoms with Crippen LogP contribution < -0.4 is 0 Å². The van der Waals surface area contributed by atoms with Gasteiger partial charge in [0.25, 0.3) is 0 Å². The highest BCUT2D eigenvalue weighted by atomic mass is 16.1. The van der Waals surface area contributed by atoms with Crippen LogP contribution in [0.25, 0.3) is 0 Å². The van der Waals surface area contributed by atoms with E-state index < -0.39 is 0 Å². The van der Waals surface area contributed by atoms with E-state index in [1.54, 1.807) is 11.1 Å². The van der Waals surface area contributed by atoms with E-state index in [-0.39, 0.29) is 16.7 Å². The molecule has 2 aliphatic carbocycles. The largest absolute Gasteiger partial charge is 0.299 e. The van der Waals surface area contributed by atoms with E-state index in [2.05, 4.69) is 66.7 Å². The molecule has 1 unspecified atom stereocenters. The van der Waals surface area contributed by atoms with Gasteiger partial charge in [0.05, 0.1) is 0 Å². The van der Waals surface area contributed by atoms with Crippen molar-refractivity contribution in [3.63, 3.8) is 0 Å². The molecule has 0 bridgehead atoms. The minimum Gasteiger partial charge on any atom is -0.299 e. The van der Waals surface area contributed by atoms with Gasteiger partial charge < -0.3 is 0 Å². The fourth-order valence-corrected chi connectivity index (χ4v) is 3.75. The van der Waals surface area contributed by atoms with Crippen LogP contribution in [-0.2, 0) is 17.6 Å². The molecule has 0 amide bonds. The van der Waals surface area contributed by atoms with Crippen LogP contribution >= 0.6 is 0 Å².